The SMILES string of the molecule is CC(C)(C)c1n[nH]c(CNS(=O)(=O)C[C@H]2CCCCC2(F)F)n1. The number of H-pyrrole nitrogens is 1. The van der Waals surface area contributed by atoms with Crippen molar-refractivity contribution in [3.05, 3.63) is 11.6 Å². The van der Waals surface area contributed by atoms with Gasteiger partial charge in [0.2, 0.25) is 10.0 Å². The van der Waals surface area contributed by atoms with Gasteiger partial charge in [-0.15, -0.1) is 0 Å². The van der Waals surface area contributed by atoms with Gasteiger partial charge in [-0.2, -0.15) is 5.10 Å². The van der Waals surface area contributed by atoms with Crippen molar-refractivity contribution in [3.8, 4) is 0 Å². The third kappa shape index (κ3) is 4.94. The molecule has 0 amide bonds. The Labute approximate surface area is 135 Å². The first-order valence-electron chi connectivity index (χ1n) is 7.76. The average molecular weight is 350 g/mol. The topological polar surface area (TPSA) is 87.7 Å². The summed E-state index contributed by atoms with van der Waals surface area (Å²) >= 11 is 0. The fraction of sp³-hybridized carbons (Fsp3) is 0.857. The van der Waals surface area contributed by atoms with E-state index >= 15 is 0 Å². The van der Waals surface area contributed by atoms with Gasteiger partial charge in [0, 0.05) is 17.8 Å². The molecule has 132 valence electrons. The van der Waals surface area contributed by atoms with Crippen molar-refractivity contribution >= 4 is 10.0 Å². The molecule has 2 rings (SSSR count). The van der Waals surface area contributed by atoms with Crippen molar-refractivity contribution in [2.45, 2.75) is 64.3 Å². The largest absolute Gasteiger partial charge is 0.262 e. The molecule has 1 heterocycles. The lowest BCUT2D eigenvalue weighted by atomic mass is 9.87. The van der Waals surface area contributed by atoms with Gasteiger partial charge in [0.15, 0.2) is 5.82 Å². The molecule has 1 atom stereocenters. The van der Waals surface area contributed by atoms with Gasteiger partial charge in [-0.05, 0) is 12.8 Å². The van der Waals surface area contributed by atoms with Crippen LogP contribution in [0.3, 0.4) is 0 Å². The number of aromatic amines is 1. The van der Waals surface area contributed by atoms with Crippen LogP contribution >= 0.6 is 0 Å². The average Bonchev–Trinajstić information content (AvgIpc) is 2.88. The lowest BCUT2D eigenvalue weighted by molar-refractivity contribution is -0.0771. The number of hydrogen-bond acceptors (Lipinski definition) is 4. The number of sulfonamides is 1. The molecule has 6 nitrogen and oxygen atoms in total. The van der Waals surface area contributed by atoms with E-state index in [-0.39, 0.29) is 24.8 Å². The third-order valence-corrected chi connectivity index (χ3v) is 5.42. The van der Waals surface area contributed by atoms with Crippen LogP contribution in [-0.2, 0) is 22.0 Å². The minimum atomic E-state index is -3.79. The van der Waals surface area contributed by atoms with E-state index in [0.717, 1.165) is 0 Å². The molecular weight excluding hydrogens is 326 g/mol. The van der Waals surface area contributed by atoms with Crippen LogP contribution in [0.25, 0.3) is 0 Å². The predicted molar refractivity (Wildman–Crippen MR) is 82.6 cm³/mol. The summed E-state index contributed by atoms with van der Waals surface area (Å²) in [7, 11) is -3.79. The van der Waals surface area contributed by atoms with Crippen LogP contribution in [0, 0.1) is 5.92 Å². The Bertz CT molecular complexity index is 637. The van der Waals surface area contributed by atoms with Crippen LogP contribution in [0.4, 0.5) is 8.78 Å². The Kier molecular flexibility index (Phi) is 5.10. The van der Waals surface area contributed by atoms with Crippen molar-refractivity contribution in [2.24, 2.45) is 5.92 Å². The van der Waals surface area contributed by atoms with Crippen molar-refractivity contribution in [2.75, 3.05) is 5.75 Å². The molecule has 23 heavy (non-hydrogen) atoms. The van der Waals surface area contributed by atoms with Gasteiger partial charge in [-0.3, -0.25) is 5.10 Å². The van der Waals surface area contributed by atoms with Gasteiger partial charge in [0.05, 0.1) is 12.3 Å². The molecule has 0 saturated heterocycles. The number of aromatic nitrogens is 3. The summed E-state index contributed by atoms with van der Waals surface area (Å²) in [5.74, 6) is -3.63. The van der Waals surface area contributed by atoms with Crippen molar-refractivity contribution in [1.29, 1.82) is 0 Å². The molecule has 1 aromatic rings. The molecule has 1 aromatic heterocycles. The number of nitrogens with one attached hydrogen (secondary N) is 2. The Morgan fingerprint density at radius 1 is 1.35 bits per heavy atom. The van der Waals surface area contributed by atoms with E-state index < -0.39 is 27.6 Å². The van der Waals surface area contributed by atoms with Gasteiger partial charge in [-0.25, -0.2) is 26.9 Å². The summed E-state index contributed by atoms with van der Waals surface area (Å²) in [6.07, 6.45) is 1.10. The zero-order valence-electron chi connectivity index (χ0n) is 13.7. The second-order valence-corrected chi connectivity index (χ2v) is 9.01. The summed E-state index contributed by atoms with van der Waals surface area (Å²) in [5.41, 5.74) is -0.252. The zero-order chi connectivity index (χ0) is 17.3. The summed E-state index contributed by atoms with van der Waals surface area (Å²) in [6.45, 7) is 5.74. The maximum absolute atomic E-state index is 13.8. The highest BCUT2D eigenvalue weighted by Crippen LogP contribution is 2.38. The molecule has 0 bridgehead atoms. The summed E-state index contributed by atoms with van der Waals surface area (Å²) in [4.78, 5) is 4.22. The number of nitrogens with zero attached hydrogens (tertiary/aromatic N) is 2. The molecule has 9 heteroatoms. The molecule has 1 saturated carbocycles. The summed E-state index contributed by atoms with van der Waals surface area (Å²) < 4.78 is 54.0. The molecule has 0 aromatic carbocycles. The fourth-order valence-electron chi connectivity index (χ4n) is 2.58. The molecule has 2 N–H and O–H groups in total. The smallest absolute Gasteiger partial charge is 0.251 e. The molecule has 0 radical (unpaired) electrons. The second-order valence-electron chi connectivity index (χ2n) is 7.16. The molecule has 1 fully saturated rings. The van der Waals surface area contributed by atoms with Crippen LogP contribution in [0.5, 0.6) is 0 Å². The minimum absolute atomic E-state index is 0.0797. The number of halogens is 2. The van der Waals surface area contributed by atoms with Crippen molar-refractivity contribution in [3.63, 3.8) is 0 Å². The van der Waals surface area contributed by atoms with Crippen LogP contribution in [0.1, 0.15) is 58.1 Å². The van der Waals surface area contributed by atoms with Crippen molar-refractivity contribution < 1.29 is 17.2 Å². The number of alkyl halides is 2. The highest BCUT2D eigenvalue weighted by Gasteiger charge is 2.43. The van der Waals surface area contributed by atoms with Crippen LogP contribution in [0.2, 0.25) is 0 Å². The highest BCUT2D eigenvalue weighted by atomic mass is 32.2. The van der Waals surface area contributed by atoms with E-state index in [4.69, 9.17) is 0 Å². The standard InChI is InChI=1S/C14H24F2N4O2S/c1-13(2,3)12-18-11(19-20-12)8-17-23(21,22)9-10-6-4-5-7-14(10,15)16/h10,17H,4-9H2,1-3H3,(H,18,19,20)/t10-/m1/s1. The lowest BCUT2D eigenvalue weighted by Gasteiger charge is -2.30. The van der Waals surface area contributed by atoms with E-state index in [1.165, 1.54) is 0 Å². The predicted octanol–water partition coefficient (Wildman–Crippen LogP) is 2.35. The van der Waals surface area contributed by atoms with Gasteiger partial charge in [0.1, 0.15) is 5.82 Å². The van der Waals surface area contributed by atoms with Crippen LogP contribution in [0.15, 0.2) is 0 Å². The monoisotopic (exact) mass is 350 g/mol. The van der Waals surface area contributed by atoms with E-state index in [2.05, 4.69) is 19.9 Å². The molecular formula is C14H24F2N4O2S. The molecule has 1 aliphatic carbocycles. The van der Waals surface area contributed by atoms with Gasteiger partial charge < -0.3 is 0 Å². The quantitative estimate of drug-likeness (QED) is 0.853. The van der Waals surface area contributed by atoms with Gasteiger partial charge in [0.25, 0.3) is 5.92 Å². The van der Waals surface area contributed by atoms with E-state index in [1.54, 1.807) is 0 Å². The first-order valence-corrected chi connectivity index (χ1v) is 9.42. The Morgan fingerprint density at radius 2 is 2.04 bits per heavy atom. The number of hydrogen-bond donors (Lipinski definition) is 2. The molecule has 1 aliphatic rings. The minimum Gasteiger partial charge on any atom is -0.262 e. The van der Waals surface area contributed by atoms with Crippen molar-refractivity contribution in [1.82, 2.24) is 19.9 Å². The van der Waals surface area contributed by atoms with Crippen LogP contribution in [-0.4, -0.2) is 35.3 Å². The van der Waals surface area contributed by atoms with E-state index in [9.17, 15) is 17.2 Å². The molecule has 0 spiro atoms. The van der Waals surface area contributed by atoms with E-state index in [0.29, 0.717) is 24.5 Å². The first kappa shape index (κ1) is 18.3. The summed E-state index contributed by atoms with van der Waals surface area (Å²) in [6, 6.07) is 0. The Hall–Kier alpha value is -1.09. The van der Waals surface area contributed by atoms with Gasteiger partial charge in [-0.1, -0.05) is 27.2 Å². The van der Waals surface area contributed by atoms with Crippen LogP contribution < -0.4 is 4.72 Å². The summed E-state index contributed by atoms with van der Waals surface area (Å²) in [5, 5.41) is 6.70. The third-order valence-electron chi connectivity index (χ3n) is 3.99. The highest BCUT2D eigenvalue weighted by molar-refractivity contribution is 7.89. The second kappa shape index (κ2) is 6.43. The van der Waals surface area contributed by atoms with E-state index in [1.807, 2.05) is 20.8 Å². The Morgan fingerprint density at radius 3 is 2.61 bits per heavy atom. The molecule has 0 aliphatic heterocycles. The number of rotatable bonds is 5. The molecule has 0 unspecified atom stereocenters. The maximum atomic E-state index is 13.8. The fourth-order valence-corrected chi connectivity index (χ4v) is 4.00. The normalized spacial score (nSPS) is 22.2. The zero-order valence-corrected chi connectivity index (χ0v) is 14.5. The lowest BCUT2D eigenvalue weighted by Crippen LogP contribution is -2.40. The maximum Gasteiger partial charge on any atom is 0.251 e. The first-order chi connectivity index (χ1) is 10.5. The Balaban J connectivity index is 1.95. The van der Waals surface area contributed by atoms with Gasteiger partial charge >= 0.3 is 0 Å².